The summed E-state index contributed by atoms with van der Waals surface area (Å²) in [6, 6.07) is 10.6. The number of benzene rings is 1. The molecule has 2 N–H and O–H groups in total. The number of rotatable bonds is 5. The second-order valence-corrected chi connectivity index (χ2v) is 8.09. The van der Waals surface area contributed by atoms with Gasteiger partial charge in [0.1, 0.15) is 17.0 Å². The maximum Gasteiger partial charge on any atom is 0.261 e. The molecule has 0 aliphatic rings. The van der Waals surface area contributed by atoms with Crippen LogP contribution in [0.3, 0.4) is 0 Å². The first-order chi connectivity index (χ1) is 12.7. The SMILES string of the molecule is CCNC(=O)c1sc2ncnc(NCc3cc4ccccc4s3)c2c1C. The van der Waals surface area contributed by atoms with E-state index in [1.165, 1.54) is 26.3 Å². The highest BCUT2D eigenvalue weighted by Crippen LogP contribution is 2.34. The van der Waals surface area contributed by atoms with Crippen LogP contribution in [-0.2, 0) is 6.54 Å². The summed E-state index contributed by atoms with van der Waals surface area (Å²) in [4.78, 5) is 23.8. The number of hydrogen-bond donors (Lipinski definition) is 2. The van der Waals surface area contributed by atoms with Crippen molar-refractivity contribution in [3.63, 3.8) is 0 Å². The summed E-state index contributed by atoms with van der Waals surface area (Å²) < 4.78 is 1.28. The minimum absolute atomic E-state index is 0.0524. The lowest BCUT2D eigenvalue weighted by Crippen LogP contribution is -2.22. The monoisotopic (exact) mass is 382 g/mol. The van der Waals surface area contributed by atoms with Crippen LogP contribution in [0.2, 0.25) is 0 Å². The molecule has 1 aromatic carbocycles. The predicted octanol–water partition coefficient (Wildman–Crippen LogP) is 4.58. The zero-order valence-electron chi connectivity index (χ0n) is 14.5. The van der Waals surface area contributed by atoms with Crippen LogP contribution in [0.4, 0.5) is 5.82 Å². The lowest BCUT2D eigenvalue weighted by Gasteiger charge is -2.06. The fraction of sp³-hybridized carbons (Fsp3) is 0.211. The second kappa shape index (κ2) is 7.01. The number of nitrogens with zero attached hydrogens (tertiary/aromatic N) is 2. The Labute approximate surface area is 159 Å². The molecule has 0 atom stereocenters. The summed E-state index contributed by atoms with van der Waals surface area (Å²) in [6.45, 7) is 5.17. The summed E-state index contributed by atoms with van der Waals surface area (Å²) in [6.07, 6.45) is 1.55. The Morgan fingerprint density at radius 3 is 2.85 bits per heavy atom. The van der Waals surface area contributed by atoms with Crippen molar-refractivity contribution in [1.29, 1.82) is 0 Å². The molecule has 0 fully saturated rings. The third kappa shape index (κ3) is 3.04. The van der Waals surface area contributed by atoms with E-state index in [9.17, 15) is 4.79 Å². The Kier molecular flexibility index (Phi) is 4.57. The van der Waals surface area contributed by atoms with Gasteiger partial charge in [-0.2, -0.15) is 0 Å². The lowest BCUT2D eigenvalue weighted by molar-refractivity contribution is 0.0959. The molecule has 4 rings (SSSR count). The highest BCUT2D eigenvalue weighted by Gasteiger charge is 2.18. The highest BCUT2D eigenvalue weighted by molar-refractivity contribution is 7.20. The number of nitrogens with one attached hydrogen (secondary N) is 2. The van der Waals surface area contributed by atoms with E-state index in [4.69, 9.17) is 0 Å². The molecule has 0 bridgehead atoms. The van der Waals surface area contributed by atoms with Crippen LogP contribution in [0.15, 0.2) is 36.7 Å². The van der Waals surface area contributed by atoms with Gasteiger partial charge in [-0.3, -0.25) is 4.79 Å². The number of thiophene rings is 2. The molecule has 0 saturated heterocycles. The van der Waals surface area contributed by atoms with Gasteiger partial charge in [-0.15, -0.1) is 22.7 Å². The number of carbonyl (C=O) groups is 1. The molecule has 4 aromatic rings. The Balaban J connectivity index is 1.64. The number of amides is 1. The molecule has 3 aromatic heterocycles. The zero-order valence-corrected chi connectivity index (χ0v) is 16.1. The first kappa shape index (κ1) is 16.9. The van der Waals surface area contributed by atoms with Crippen molar-refractivity contribution in [2.75, 3.05) is 11.9 Å². The molecule has 0 spiro atoms. The standard InChI is InChI=1S/C19H18N4OS2/c1-3-20-18(24)16-11(2)15-17(22-10-23-19(15)26-16)21-9-13-8-12-6-4-5-7-14(12)25-13/h4-8,10H,3,9H2,1-2H3,(H,20,24)(H,21,22,23). The molecular weight excluding hydrogens is 364 g/mol. The average molecular weight is 383 g/mol. The maximum atomic E-state index is 12.3. The van der Waals surface area contributed by atoms with E-state index in [1.807, 2.05) is 13.8 Å². The second-order valence-electron chi connectivity index (χ2n) is 5.92. The number of aromatic nitrogens is 2. The quantitative estimate of drug-likeness (QED) is 0.530. The molecule has 3 heterocycles. The minimum atomic E-state index is -0.0524. The summed E-state index contributed by atoms with van der Waals surface area (Å²) in [5, 5.41) is 8.47. The van der Waals surface area contributed by atoms with Crippen LogP contribution in [0.25, 0.3) is 20.3 Å². The summed E-state index contributed by atoms with van der Waals surface area (Å²) in [5.74, 6) is 0.722. The lowest BCUT2D eigenvalue weighted by atomic mass is 10.2. The smallest absolute Gasteiger partial charge is 0.261 e. The van der Waals surface area contributed by atoms with E-state index in [2.05, 4.69) is 50.9 Å². The summed E-state index contributed by atoms with van der Waals surface area (Å²) in [7, 11) is 0. The normalized spacial score (nSPS) is 11.2. The Bertz CT molecular complexity index is 1070. The van der Waals surface area contributed by atoms with E-state index >= 15 is 0 Å². The molecule has 0 aliphatic heterocycles. The van der Waals surface area contributed by atoms with Gasteiger partial charge in [-0.25, -0.2) is 9.97 Å². The van der Waals surface area contributed by atoms with Crippen LogP contribution < -0.4 is 10.6 Å². The van der Waals surface area contributed by atoms with Crippen LogP contribution in [0, 0.1) is 6.92 Å². The fourth-order valence-electron chi connectivity index (χ4n) is 2.96. The zero-order chi connectivity index (χ0) is 18.1. The van der Waals surface area contributed by atoms with Gasteiger partial charge < -0.3 is 10.6 Å². The molecule has 1 amide bonds. The van der Waals surface area contributed by atoms with Crippen molar-refractivity contribution in [3.8, 4) is 0 Å². The molecular formula is C19H18N4OS2. The molecule has 132 valence electrons. The van der Waals surface area contributed by atoms with Crippen molar-refractivity contribution in [1.82, 2.24) is 15.3 Å². The van der Waals surface area contributed by atoms with Gasteiger partial charge in [-0.1, -0.05) is 18.2 Å². The topological polar surface area (TPSA) is 66.9 Å². The Morgan fingerprint density at radius 1 is 1.19 bits per heavy atom. The van der Waals surface area contributed by atoms with Crippen molar-refractivity contribution >= 4 is 54.7 Å². The molecule has 5 nitrogen and oxygen atoms in total. The van der Waals surface area contributed by atoms with E-state index in [0.29, 0.717) is 18.0 Å². The maximum absolute atomic E-state index is 12.3. The van der Waals surface area contributed by atoms with E-state index in [-0.39, 0.29) is 5.91 Å². The molecule has 0 saturated carbocycles. The fourth-order valence-corrected chi connectivity index (χ4v) is 5.03. The van der Waals surface area contributed by atoms with Crippen LogP contribution >= 0.6 is 22.7 Å². The van der Waals surface area contributed by atoms with E-state index in [0.717, 1.165) is 21.6 Å². The highest BCUT2D eigenvalue weighted by atomic mass is 32.1. The molecule has 7 heteroatoms. The van der Waals surface area contributed by atoms with Crippen LogP contribution in [0.5, 0.6) is 0 Å². The minimum Gasteiger partial charge on any atom is -0.365 e. The van der Waals surface area contributed by atoms with Crippen LogP contribution in [0.1, 0.15) is 27.0 Å². The van der Waals surface area contributed by atoms with E-state index < -0.39 is 0 Å². The van der Waals surface area contributed by atoms with Gasteiger partial charge in [0.2, 0.25) is 0 Å². The van der Waals surface area contributed by atoms with Crippen molar-refractivity contribution in [2.45, 2.75) is 20.4 Å². The van der Waals surface area contributed by atoms with Gasteiger partial charge in [0.25, 0.3) is 5.91 Å². The molecule has 0 radical (unpaired) electrons. The van der Waals surface area contributed by atoms with Gasteiger partial charge >= 0.3 is 0 Å². The Hall–Kier alpha value is -2.51. The van der Waals surface area contributed by atoms with Crippen molar-refractivity contribution in [2.24, 2.45) is 0 Å². The van der Waals surface area contributed by atoms with Gasteiger partial charge in [0.15, 0.2) is 0 Å². The van der Waals surface area contributed by atoms with Crippen molar-refractivity contribution < 1.29 is 4.79 Å². The number of fused-ring (bicyclic) bond motifs is 2. The first-order valence-electron chi connectivity index (χ1n) is 8.41. The van der Waals surface area contributed by atoms with Crippen LogP contribution in [-0.4, -0.2) is 22.4 Å². The number of aryl methyl sites for hydroxylation is 1. The third-order valence-electron chi connectivity index (χ3n) is 4.18. The van der Waals surface area contributed by atoms with Gasteiger partial charge in [0, 0.05) is 16.1 Å². The third-order valence-corrected chi connectivity index (χ3v) is 6.49. The summed E-state index contributed by atoms with van der Waals surface area (Å²) >= 11 is 3.19. The van der Waals surface area contributed by atoms with Gasteiger partial charge in [0.05, 0.1) is 16.8 Å². The molecule has 0 unspecified atom stereocenters. The average Bonchev–Trinajstić information content (AvgIpc) is 3.21. The van der Waals surface area contributed by atoms with Gasteiger partial charge in [-0.05, 0) is 36.9 Å². The van der Waals surface area contributed by atoms with Crippen molar-refractivity contribution in [3.05, 3.63) is 52.0 Å². The summed E-state index contributed by atoms with van der Waals surface area (Å²) in [5.41, 5.74) is 0.926. The molecule has 0 aliphatic carbocycles. The van der Waals surface area contributed by atoms with E-state index in [1.54, 1.807) is 17.7 Å². The predicted molar refractivity (Wildman–Crippen MR) is 109 cm³/mol. The first-order valence-corrected chi connectivity index (χ1v) is 10.0. The number of hydrogen-bond acceptors (Lipinski definition) is 6. The molecule has 26 heavy (non-hydrogen) atoms. The Morgan fingerprint density at radius 2 is 2.04 bits per heavy atom. The number of carbonyl (C=O) groups excluding carboxylic acids is 1. The number of anilines is 1. The largest absolute Gasteiger partial charge is 0.365 e.